The third-order valence-electron chi connectivity index (χ3n) is 3.50. The third-order valence-corrected chi connectivity index (χ3v) is 3.50. The van der Waals surface area contributed by atoms with Crippen molar-refractivity contribution < 1.29 is 4.74 Å². The molecule has 2 N–H and O–H groups in total. The lowest BCUT2D eigenvalue weighted by Crippen LogP contribution is -2.33. The SMILES string of the molecule is c1ccc(-n2nnnc2NCCOC2CCNCC2)cc1. The van der Waals surface area contributed by atoms with Crippen molar-refractivity contribution in [2.75, 3.05) is 31.6 Å². The van der Waals surface area contributed by atoms with Crippen LogP contribution in [-0.2, 0) is 4.74 Å². The maximum Gasteiger partial charge on any atom is 0.247 e. The first-order chi connectivity index (χ1) is 10.4. The number of ether oxygens (including phenoxy) is 1. The minimum absolute atomic E-state index is 0.373. The average molecular weight is 288 g/mol. The summed E-state index contributed by atoms with van der Waals surface area (Å²) in [7, 11) is 0. The molecule has 112 valence electrons. The second kappa shape index (κ2) is 7.14. The average Bonchev–Trinajstić information content (AvgIpc) is 3.02. The van der Waals surface area contributed by atoms with Gasteiger partial charge in [-0.15, -0.1) is 0 Å². The van der Waals surface area contributed by atoms with Crippen LogP contribution in [0.5, 0.6) is 0 Å². The lowest BCUT2D eigenvalue weighted by Gasteiger charge is -2.22. The van der Waals surface area contributed by atoms with E-state index in [1.165, 1.54) is 0 Å². The third kappa shape index (κ3) is 3.77. The summed E-state index contributed by atoms with van der Waals surface area (Å²) in [6, 6.07) is 9.82. The molecule has 0 spiro atoms. The Kier molecular flexibility index (Phi) is 4.75. The van der Waals surface area contributed by atoms with Gasteiger partial charge in [0.15, 0.2) is 0 Å². The number of hydrogen-bond donors (Lipinski definition) is 2. The first-order valence-electron chi connectivity index (χ1n) is 7.33. The smallest absolute Gasteiger partial charge is 0.247 e. The van der Waals surface area contributed by atoms with Crippen LogP contribution in [0.1, 0.15) is 12.8 Å². The molecule has 1 aliphatic rings. The molecule has 0 aliphatic carbocycles. The van der Waals surface area contributed by atoms with E-state index in [-0.39, 0.29) is 0 Å². The number of tetrazole rings is 1. The lowest BCUT2D eigenvalue weighted by molar-refractivity contribution is 0.0393. The van der Waals surface area contributed by atoms with Crippen LogP contribution in [0.25, 0.3) is 5.69 Å². The van der Waals surface area contributed by atoms with Crippen molar-refractivity contribution >= 4 is 5.95 Å². The van der Waals surface area contributed by atoms with Crippen LogP contribution in [0.2, 0.25) is 0 Å². The molecule has 7 heteroatoms. The quantitative estimate of drug-likeness (QED) is 0.767. The summed E-state index contributed by atoms with van der Waals surface area (Å²) < 4.78 is 7.53. The molecule has 0 atom stereocenters. The summed E-state index contributed by atoms with van der Waals surface area (Å²) in [5.74, 6) is 0.634. The Hall–Kier alpha value is -1.99. The largest absolute Gasteiger partial charge is 0.376 e. The molecule has 2 heterocycles. The molecule has 0 amide bonds. The Morgan fingerprint density at radius 2 is 2.05 bits per heavy atom. The van der Waals surface area contributed by atoms with E-state index in [1.807, 2.05) is 30.3 Å². The number of para-hydroxylation sites is 1. The second-order valence-electron chi connectivity index (χ2n) is 5.00. The van der Waals surface area contributed by atoms with Crippen LogP contribution in [0.3, 0.4) is 0 Å². The van der Waals surface area contributed by atoms with Gasteiger partial charge in [-0.1, -0.05) is 23.3 Å². The van der Waals surface area contributed by atoms with Gasteiger partial charge in [0.25, 0.3) is 0 Å². The zero-order valence-corrected chi connectivity index (χ0v) is 11.9. The highest BCUT2D eigenvalue weighted by Gasteiger charge is 2.13. The normalized spacial score (nSPS) is 16.0. The minimum atomic E-state index is 0.373. The van der Waals surface area contributed by atoms with Gasteiger partial charge in [0.05, 0.1) is 18.4 Å². The van der Waals surface area contributed by atoms with E-state index in [1.54, 1.807) is 4.68 Å². The van der Waals surface area contributed by atoms with Crippen LogP contribution in [0.4, 0.5) is 5.95 Å². The van der Waals surface area contributed by atoms with Crippen LogP contribution in [0.15, 0.2) is 30.3 Å². The van der Waals surface area contributed by atoms with Crippen LogP contribution < -0.4 is 10.6 Å². The number of anilines is 1. The maximum atomic E-state index is 5.85. The number of aromatic nitrogens is 4. The zero-order chi connectivity index (χ0) is 14.3. The van der Waals surface area contributed by atoms with Crippen molar-refractivity contribution in [2.45, 2.75) is 18.9 Å². The van der Waals surface area contributed by atoms with Crippen molar-refractivity contribution in [3.8, 4) is 5.69 Å². The Morgan fingerprint density at radius 3 is 2.86 bits per heavy atom. The van der Waals surface area contributed by atoms with Crippen molar-refractivity contribution in [1.29, 1.82) is 0 Å². The fourth-order valence-electron chi connectivity index (χ4n) is 2.39. The zero-order valence-electron chi connectivity index (χ0n) is 11.9. The van der Waals surface area contributed by atoms with Gasteiger partial charge in [0, 0.05) is 6.54 Å². The maximum absolute atomic E-state index is 5.85. The molecule has 7 nitrogen and oxygen atoms in total. The van der Waals surface area contributed by atoms with Gasteiger partial charge in [-0.05, 0) is 48.5 Å². The molecule has 0 radical (unpaired) electrons. The van der Waals surface area contributed by atoms with E-state index in [9.17, 15) is 0 Å². The minimum Gasteiger partial charge on any atom is -0.376 e. The fraction of sp³-hybridized carbons (Fsp3) is 0.500. The predicted octanol–water partition coefficient (Wildman–Crippen LogP) is 0.843. The molecular formula is C14H20N6O. The van der Waals surface area contributed by atoms with E-state index in [4.69, 9.17) is 4.74 Å². The second-order valence-corrected chi connectivity index (χ2v) is 5.00. The monoisotopic (exact) mass is 288 g/mol. The molecule has 0 saturated carbocycles. The molecule has 2 aromatic rings. The van der Waals surface area contributed by atoms with Crippen molar-refractivity contribution in [3.63, 3.8) is 0 Å². The molecule has 0 bridgehead atoms. The summed E-state index contributed by atoms with van der Waals surface area (Å²) >= 11 is 0. The number of piperidine rings is 1. The molecule has 1 aromatic heterocycles. The van der Waals surface area contributed by atoms with E-state index in [0.717, 1.165) is 31.6 Å². The Bertz CT molecular complexity index is 537. The summed E-state index contributed by atoms with van der Waals surface area (Å²) in [6.07, 6.45) is 2.54. The van der Waals surface area contributed by atoms with Crippen molar-refractivity contribution in [1.82, 2.24) is 25.5 Å². The van der Waals surface area contributed by atoms with Gasteiger partial charge in [-0.25, -0.2) is 0 Å². The van der Waals surface area contributed by atoms with E-state index >= 15 is 0 Å². The molecular weight excluding hydrogens is 268 g/mol. The topological polar surface area (TPSA) is 76.9 Å². The predicted molar refractivity (Wildman–Crippen MR) is 79.5 cm³/mol. The lowest BCUT2D eigenvalue weighted by atomic mass is 10.1. The van der Waals surface area contributed by atoms with E-state index < -0.39 is 0 Å². The number of nitrogens with one attached hydrogen (secondary N) is 2. The fourth-order valence-corrected chi connectivity index (χ4v) is 2.39. The standard InChI is InChI=1S/C14H20N6O/c1-2-4-12(5-3-1)20-14(17-18-19-20)16-10-11-21-13-6-8-15-9-7-13/h1-5,13,15H,6-11H2,(H,16,17,19). The first kappa shape index (κ1) is 14.0. The molecule has 3 rings (SSSR count). The number of nitrogens with zero attached hydrogens (tertiary/aromatic N) is 4. The summed E-state index contributed by atoms with van der Waals surface area (Å²) in [4.78, 5) is 0. The molecule has 1 aromatic carbocycles. The molecule has 21 heavy (non-hydrogen) atoms. The highest BCUT2D eigenvalue weighted by Crippen LogP contribution is 2.10. The molecule has 1 saturated heterocycles. The van der Waals surface area contributed by atoms with E-state index in [2.05, 4.69) is 26.2 Å². The van der Waals surface area contributed by atoms with Gasteiger partial charge < -0.3 is 15.4 Å². The van der Waals surface area contributed by atoms with Crippen molar-refractivity contribution in [2.24, 2.45) is 0 Å². The highest BCUT2D eigenvalue weighted by molar-refractivity contribution is 5.38. The Morgan fingerprint density at radius 1 is 1.24 bits per heavy atom. The number of benzene rings is 1. The van der Waals surface area contributed by atoms with Crippen LogP contribution >= 0.6 is 0 Å². The van der Waals surface area contributed by atoms with Crippen molar-refractivity contribution in [3.05, 3.63) is 30.3 Å². The highest BCUT2D eigenvalue weighted by atomic mass is 16.5. The van der Waals surface area contributed by atoms with Crippen LogP contribution in [0, 0.1) is 0 Å². The molecule has 0 unspecified atom stereocenters. The van der Waals surface area contributed by atoms with Gasteiger partial charge in [-0.3, -0.25) is 0 Å². The molecule has 1 aliphatic heterocycles. The van der Waals surface area contributed by atoms with Gasteiger partial charge >= 0.3 is 0 Å². The summed E-state index contributed by atoms with van der Waals surface area (Å²) in [5, 5.41) is 18.3. The van der Waals surface area contributed by atoms with Crippen LogP contribution in [-0.4, -0.2) is 52.6 Å². The van der Waals surface area contributed by atoms with Gasteiger partial charge in [0.2, 0.25) is 5.95 Å². The molecule has 1 fully saturated rings. The summed E-state index contributed by atoms with van der Waals surface area (Å²) in [6.45, 7) is 3.44. The van der Waals surface area contributed by atoms with Gasteiger partial charge in [0.1, 0.15) is 0 Å². The first-order valence-corrected chi connectivity index (χ1v) is 7.33. The Balaban J connectivity index is 1.49. The Labute approximate surface area is 123 Å². The van der Waals surface area contributed by atoms with Gasteiger partial charge in [-0.2, -0.15) is 4.68 Å². The summed E-state index contributed by atoms with van der Waals surface area (Å²) in [5.41, 5.74) is 0.935. The van der Waals surface area contributed by atoms with E-state index in [0.29, 0.717) is 25.2 Å². The number of rotatable bonds is 6. The number of hydrogen-bond acceptors (Lipinski definition) is 6.